The van der Waals surface area contributed by atoms with E-state index < -0.39 is 29.3 Å². The van der Waals surface area contributed by atoms with Crippen molar-refractivity contribution in [1.29, 1.82) is 5.26 Å². The van der Waals surface area contributed by atoms with Crippen LogP contribution in [-0.2, 0) is 6.18 Å². The number of amides is 1. The second kappa shape index (κ2) is 10.8. The number of anilines is 1. The number of H-pyrrole nitrogens is 1. The minimum atomic E-state index is -4.85. The fraction of sp³-hybridized carbons (Fsp3) is 0.241. The zero-order valence-corrected chi connectivity index (χ0v) is 21.0. The number of nitrogens with one attached hydrogen (secondary N) is 2. The molecular formula is C29H23F4N5O2. The van der Waals surface area contributed by atoms with Gasteiger partial charge in [-0.05, 0) is 60.7 Å². The van der Waals surface area contributed by atoms with Crippen LogP contribution in [0.5, 0.6) is 0 Å². The highest BCUT2D eigenvalue weighted by Gasteiger charge is 2.36. The molecule has 5 rings (SSSR count). The van der Waals surface area contributed by atoms with Gasteiger partial charge in [0, 0.05) is 23.7 Å². The van der Waals surface area contributed by atoms with E-state index in [1.165, 1.54) is 42.6 Å². The summed E-state index contributed by atoms with van der Waals surface area (Å²) in [6.07, 6.45) is 0.411. The minimum Gasteiger partial charge on any atom is -0.329 e. The van der Waals surface area contributed by atoms with Crippen molar-refractivity contribution in [2.75, 3.05) is 5.32 Å². The van der Waals surface area contributed by atoms with Crippen molar-refractivity contribution in [2.24, 2.45) is 5.92 Å². The SMILES string of the molecule is N#Cc1cccc(-n2nc(C(F)(F)F)cc2C(=O)Nc2cc(C(CCC3CC3)c3ccc[nH]c3=O)ccc2F)c1. The summed E-state index contributed by atoms with van der Waals surface area (Å²) in [5, 5.41) is 15.1. The molecule has 1 fully saturated rings. The van der Waals surface area contributed by atoms with Gasteiger partial charge in [-0.25, -0.2) is 9.07 Å². The summed E-state index contributed by atoms with van der Waals surface area (Å²) in [6, 6.07) is 15.5. The Morgan fingerprint density at radius 2 is 1.95 bits per heavy atom. The van der Waals surface area contributed by atoms with Crippen molar-refractivity contribution >= 4 is 11.6 Å². The molecule has 11 heteroatoms. The number of pyridine rings is 1. The highest BCUT2D eigenvalue weighted by Crippen LogP contribution is 2.39. The smallest absolute Gasteiger partial charge is 0.329 e. The maximum absolute atomic E-state index is 14.9. The maximum atomic E-state index is 14.9. The normalized spacial score (nSPS) is 14.0. The van der Waals surface area contributed by atoms with Gasteiger partial charge < -0.3 is 10.3 Å². The molecule has 0 spiro atoms. The summed E-state index contributed by atoms with van der Waals surface area (Å²) in [6.45, 7) is 0. The summed E-state index contributed by atoms with van der Waals surface area (Å²) < 4.78 is 56.2. The predicted molar refractivity (Wildman–Crippen MR) is 138 cm³/mol. The lowest BCUT2D eigenvalue weighted by Gasteiger charge is -2.19. The fourth-order valence-electron chi connectivity index (χ4n) is 4.65. The highest BCUT2D eigenvalue weighted by atomic mass is 19.4. The van der Waals surface area contributed by atoms with E-state index in [4.69, 9.17) is 0 Å². The summed E-state index contributed by atoms with van der Waals surface area (Å²) in [5.74, 6) is -1.63. The molecule has 2 N–H and O–H groups in total. The van der Waals surface area contributed by atoms with E-state index in [0.29, 0.717) is 29.5 Å². The second-order valence-electron chi connectivity index (χ2n) is 9.71. The highest BCUT2D eigenvalue weighted by molar-refractivity contribution is 6.03. The number of aromatic nitrogens is 3. The van der Waals surface area contributed by atoms with Crippen molar-refractivity contribution < 1.29 is 22.4 Å². The lowest BCUT2D eigenvalue weighted by molar-refractivity contribution is -0.141. The second-order valence-corrected chi connectivity index (χ2v) is 9.71. The molecule has 0 aliphatic heterocycles. The van der Waals surface area contributed by atoms with Gasteiger partial charge in [-0.2, -0.15) is 23.5 Å². The number of carbonyl (C=O) groups excluding carboxylic acids is 1. The van der Waals surface area contributed by atoms with E-state index in [1.54, 1.807) is 12.1 Å². The van der Waals surface area contributed by atoms with Gasteiger partial charge in [0.1, 0.15) is 11.5 Å². The first-order chi connectivity index (χ1) is 19.1. The van der Waals surface area contributed by atoms with Crippen molar-refractivity contribution in [3.05, 3.63) is 111 Å². The number of rotatable bonds is 8. The Bertz CT molecular complexity index is 1660. The largest absolute Gasteiger partial charge is 0.435 e. The number of nitrogens with zero attached hydrogens (tertiary/aromatic N) is 3. The van der Waals surface area contributed by atoms with Crippen LogP contribution in [0.4, 0.5) is 23.2 Å². The number of hydrogen-bond acceptors (Lipinski definition) is 4. The first kappa shape index (κ1) is 26.9. The average molecular weight is 550 g/mol. The van der Waals surface area contributed by atoms with Crippen LogP contribution in [0, 0.1) is 23.1 Å². The Kier molecular flexibility index (Phi) is 7.26. The maximum Gasteiger partial charge on any atom is 0.435 e. The zero-order valence-electron chi connectivity index (χ0n) is 21.0. The summed E-state index contributed by atoms with van der Waals surface area (Å²) in [4.78, 5) is 28.5. The predicted octanol–water partition coefficient (Wildman–Crippen LogP) is 6.16. The number of nitriles is 1. The third kappa shape index (κ3) is 5.81. The Hall–Kier alpha value is -4.72. The number of carbonyl (C=O) groups is 1. The molecule has 1 aliphatic rings. The zero-order chi connectivity index (χ0) is 28.4. The van der Waals surface area contributed by atoms with Crippen LogP contribution in [0.15, 0.2) is 71.7 Å². The Labute approximate surface area is 226 Å². The summed E-state index contributed by atoms with van der Waals surface area (Å²) in [5.41, 5.74) is -1.07. The van der Waals surface area contributed by atoms with Crippen molar-refractivity contribution in [2.45, 2.75) is 37.8 Å². The van der Waals surface area contributed by atoms with Gasteiger partial charge >= 0.3 is 6.18 Å². The number of benzene rings is 2. The monoisotopic (exact) mass is 549 g/mol. The molecule has 1 atom stereocenters. The quantitative estimate of drug-likeness (QED) is 0.257. The Morgan fingerprint density at radius 1 is 1.15 bits per heavy atom. The van der Waals surface area contributed by atoms with Gasteiger partial charge in [0.2, 0.25) is 0 Å². The van der Waals surface area contributed by atoms with Crippen LogP contribution < -0.4 is 10.9 Å². The Morgan fingerprint density at radius 3 is 2.65 bits per heavy atom. The number of alkyl halides is 3. The molecule has 1 saturated carbocycles. The van der Waals surface area contributed by atoms with Gasteiger partial charge in [-0.1, -0.05) is 31.0 Å². The average Bonchev–Trinajstić information content (AvgIpc) is 3.64. The molecule has 0 radical (unpaired) electrons. The van der Waals surface area contributed by atoms with E-state index in [9.17, 15) is 32.4 Å². The molecule has 2 aromatic carbocycles. The third-order valence-corrected chi connectivity index (χ3v) is 6.88. The van der Waals surface area contributed by atoms with Gasteiger partial charge in [-0.15, -0.1) is 0 Å². The van der Waals surface area contributed by atoms with Crippen LogP contribution in [0.25, 0.3) is 5.69 Å². The summed E-state index contributed by atoms with van der Waals surface area (Å²) in [7, 11) is 0. The Balaban J connectivity index is 1.50. The molecular weight excluding hydrogens is 526 g/mol. The fourth-order valence-corrected chi connectivity index (χ4v) is 4.65. The van der Waals surface area contributed by atoms with Crippen molar-refractivity contribution in [3.63, 3.8) is 0 Å². The van der Waals surface area contributed by atoms with E-state index in [0.717, 1.165) is 30.0 Å². The molecule has 40 heavy (non-hydrogen) atoms. The molecule has 204 valence electrons. The topological polar surface area (TPSA) is 104 Å². The van der Waals surface area contributed by atoms with E-state index >= 15 is 0 Å². The first-order valence-corrected chi connectivity index (χ1v) is 12.6. The molecule has 7 nitrogen and oxygen atoms in total. The van der Waals surface area contributed by atoms with Gasteiger partial charge in [0.15, 0.2) is 5.69 Å². The molecule has 4 aromatic rings. The molecule has 1 amide bonds. The van der Waals surface area contributed by atoms with Crippen LogP contribution in [0.3, 0.4) is 0 Å². The lowest BCUT2D eigenvalue weighted by Crippen LogP contribution is -2.19. The number of aromatic amines is 1. The number of hydrogen-bond donors (Lipinski definition) is 2. The molecule has 2 aromatic heterocycles. The van der Waals surface area contributed by atoms with Crippen LogP contribution in [0.2, 0.25) is 0 Å². The van der Waals surface area contributed by atoms with Gasteiger partial charge in [0.05, 0.1) is 23.0 Å². The van der Waals surface area contributed by atoms with Gasteiger partial charge in [-0.3, -0.25) is 9.59 Å². The van der Waals surface area contributed by atoms with Crippen molar-refractivity contribution in [3.8, 4) is 11.8 Å². The summed E-state index contributed by atoms with van der Waals surface area (Å²) >= 11 is 0. The van der Waals surface area contributed by atoms with Crippen molar-refractivity contribution in [1.82, 2.24) is 14.8 Å². The molecule has 2 heterocycles. The van der Waals surface area contributed by atoms with Gasteiger partial charge in [0.25, 0.3) is 11.5 Å². The molecule has 0 bridgehead atoms. The molecule has 1 unspecified atom stereocenters. The third-order valence-electron chi connectivity index (χ3n) is 6.88. The lowest BCUT2D eigenvalue weighted by atomic mass is 9.87. The molecule has 1 aliphatic carbocycles. The van der Waals surface area contributed by atoms with Crippen LogP contribution in [-0.4, -0.2) is 20.7 Å². The standard InChI is InChI=1S/C29H23F4N5O2/c30-23-11-9-19(21(10-8-17-6-7-17)22-5-2-12-35-27(22)39)14-24(23)36-28(40)25-15-26(29(31,32)33)37-38(25)20-4-1-3-18(13-20)16-34/h1-5,9,11-15,17,21H,6-8,10H2,(H,35,39)(H,36,40). The molecule has 0 saturated heterocycles. The van der Waals surface area contributed by atoms with Crippen LogP contribution >= 0.6 is 0 Å². The van der Waals surface area contributed by atoms with E-state index in [-0.39, 0.29) is 28.4 Å². The van der Waals surface area contributed by atoms with E-state index in [2.05, 4.69) is 15.4 Å². The first-order valence-electron chi connectivity index (χ1n) is 12.6. The van der Waals surface area contributed by atoms with Crippen LogP contribution in [0.1, 0.15) is 64.5 Å². The number of halogens is 4. The van der Waals surface area contributed by atoms with E-state index in [1.807, 2.05) is 6.07 Å². The minimum absolute atomic E-state index is 0.0531.